The van der Waals surface area contributed by atoms with Gasteiger partial charge in [0.25, 0.3) is 0 Å². The number of nitrogens with one attached hydrogen (secondary N) is 3. The molecule has 5 heterocycles. The zero-order valence-electron chi connectivity index (χ0n) is 18.4. The Bertz CT molecular complexity index is 1780. The van der Waals surface area contributed by atoms with E-state index in [-0.39, 0.29) is 5.56 Å². The number of benzene rings is 1. The minimum Gasteiger partial charge on any atom is -0.355 e. The third-order valence-electron chi connectivity index (χ3n) is 5.73. The van der Waals surface area contributed by atoms with E-state index in [4.69, 9.17) is 9.98 Å². The molecular formula is C28H17N7. The molecule has 2 aromatic heterocycles. The number of hydrogen-bond acceptors (Lipinski definition) is 5. The molecular weight excluding hydrogens is 434 g/mol. The fraction of sp³-hybridized carbons (Fsp3) is 0. The SMILES string of the molecule is N#Cc1cccc(N=C2C=C3C=c4ccc([nH]4)=Cc4ccc([nH]4)C=C4C=CC(=N4)C=C2N3)c1C#N. The standard InChI is InChI=1S/C28H17N7/c29-15-17-2-1-3-26(25(17)16-30)35-28-14-24-12-22-7-6-20(32-22)10-18-4-5-19(31-18)11-21-8-9-23(33-21)13-27(28)34-24/h1-14,31-32,34H. The highest BCUT2D eigenvalue weighted by molar-refractivity contribution is 6.18. The number of rotatable bonds is 1. The smallest absolute Gasteiger partial charge is 0.103 e. The van der Waals surface area contributed by atoms with Crippen LogP contribution in [-0.4, -0.2) is 21.4 Å². The maximum absolute atomic E-state index is 9.62. The Kier molecular flexibility index (Phi) is 4.73. The second-order valence-corrected chi connectivity index (χ2v) is 8.17. The number of aromatic nitrogens is 2. The molecule has 0 atom stereocenters. The summed E-state index contributed by atoms with van der Waals surface area (Å²) in [6.07, 6.45) is 13.8. The molecule has 0 saturated carbocycles. The van der Waals surface area contributed by atoms with E-state index >= 15 is 0 Å². The second kappa shape index (κ2) is 8.18. The van der Waals surface area contributed by atoms with Gasteiger partial charge in [-0.15, -0.1) is 0 Å². The van der Waals surface area contributed by atoms with Crippen molar-refractivity contribution >= 4 is 35.3 Å². The van der Waals surface area contributed by atoms with Crippen LogP contribution in [0.1, 0.15) is 22.5 Å². The predicted molar refractivity (Wildman–Crippen MR) is 136 cm³/mol. The van der Waals surface area contributed by atoms with Crippen molar-refractivity contribution in [2.45, 2.75) is 0 Å². The first-order valence-corrected chi connectivity index (χ1v) is 11.0. The van der Waals surface area contributed by atoms with Crippen LogP contribution >= 0.6 is 0 Å². The quantitative estimate of drug-likeness (QED) is 0.528. The van der Waals surface area contributed by atoms with Gasteiger partial charge in [0.2, 0.25) is 0 Å². The molecule has 1 aromatic carbocycles. The highest BCUT2D eigenvalue weighted by Crippen LogP contribution is 2.25. The molecule has 8 bridgehead atoms. The van der Waals surface area contributed by atoms with Gasteiger partial charge in [-0.05, 0) is 78.9 Å². The fourth-order valence-electron chi connectivity index (χ4n) is 4.13. The summed E-state index contributed by atoms with van der Waals surface area (Å²) in [5.41, 5.74) is 6.80. The summed E-state index contributed by atoms with van der Waals surface area (Å²) in [5.74, 6) is 0. The summed E-state index contributed by atoms with van der Waals surface area (Å²) in [6.45, 7) is 0. The highest BCUT2D eigenvalue weighted by atomic mass is 15.0. The van der Waals surface area contributed by atoms with Gasteiger partial charge in [-0.1, -0.05) is 6.07 Å². The van der Waals surface area contributed by atoms with E-state index in [1.165, 1.54) is 0 Å². The number of nitrogens with zero attached hydrogens (tertiary/aromatic N) is 4. The largest absolute Gasteiger partial charge is 0.355 e. The third-order valence-corrected chi connectivity index (χ3v) is 5.73. The molecule has 0 saturated heterocycles. The number of fused-ring (bicyclic) bond motifs is 7. The maximum atomic E-state index is 9.62. The lowest BCUT2D eigenvalue weighted by Gasteiger charge is -2.04. The number of allylic oxidation sites excluding steroid dienone is 5. The van der Waals surface area contributed by atoms with Gasteiger partial charge in [-0.25, -0.2) is 9.98 Å². The van der Waals surface area contributed by atoms with E-state index in [0.29, 0.717) is 17.0 Å². The Morgan fingerprint density at radius 2 is 1.60 bits per heavy atom. The molecule has 7 nitrogen and oxygen atoms in total. The zero-order valence-corrected chi connectivity index (χ0v) is 18.4. The average molecular weight is 451 g/mol. The minimum atomic E-state index is 0.254. The summed E-state index contributed by atoms with van der Waals surface area (Å²) in [5, 5.41) is 24.3. The summed E-state index contributed by atoms with van der Waals surface area (Å²) >= 11 is 0. The number of aliphatic imine (C=N–C) groups is 2. The molecule has 3 aliphatic rings. The monoisotopic (exact) mass is 451 g/mol. The van der Waals surface area contributed by atoms with Crippen LogP contribution in [0.4, 0.5) is 5.69 Å². The molecule has 164 valence electrons. The predicted octanol–water partition coefficient (Wildman–Crippen LogP) is 3.20. The van der Waals surface area contributed by atoms with Gasteiger partial charge in [0.15, 0.2) is 0 Å². The summed E-state index contributed by atoms with van der Waals surface area (Å²) in [7, 11) is 0. The fourth-order valence-corrected chi connectivity index (χ4v) is 4.13. The molecule has 7 heteroatoms. The molecule has 0 unspecified atom stereocenters. The van der Waals surface area contributed by atoms with Crippen molar-refractivity contribution in [2.24, 2.45) is 9.98 Å². The van der Waals surface area contributed by atoms with Crippen LogP contribution in [0.25, 0.3) is 18.2 Å². The van der Waals surface area contributed by atoms with Crippen molar-refractivity contribution in [3.8, 4) is 12.1 Å². The van der Waals surface area contributed by atoms with Crippen molar-refractivity contribution in [1.82, 2.24) is 15.3 Å². The first-order valence-electron chi connectivity index (χ1n) is 11.0. The van der Waals surface area contributed by atoms with Crippen LogP contribution in [0, 0.1) is 22.7 Å². The molecule has 0 radical (unpaired) electrons. The summed E-state index contributed by atoms with van der Waals surface area (Å²) in [4.78, 5) is 16.3. The van der Waals surface area contributed by atoms with Crippen molar-refractivity contribution in [1.29, 1.82) is 10.5 Å². The number of H-pyrrole nitrogens is 2. The van der Waals surface area contributed by atoms with Crippen LogP contribution in [0.5, 0.6) is 0 Å². The van der Waals surface area contributed by atoms with Crippen molar-refractivity contribution in [3.05, 3.63) is 117 Å². The van der Waals surface area contributed by atoms with E-state index in [1.807, 2.05) is 66.8 Å². The first kappa shape index (κ1) is 20.2. The van der Waals surface area contributed by atoms with Crippen LogP contribution in [0.2, 0.25) is 0 Å². The van der Waals surface area contributed by atoms with E-state index in [2.05, 4.69) is 27.4 Å². The lowest BCUT2D eigenvalue weighted by Crippen LogP contribution is -2.14. The minimum absolute atomic E-state index is 0.254. The molecule has 0 spiro atoms. The Morgan fingerprint density at radius 3 is 2.43 bits per heavy atom. The van der Waals surface area contributed by atoms with E-state index in [9.17, 15) is 10.5 Å². The van der Waals surface area contributed by atoms with Gasteiger partial charge < -0.3 is 15.3 Å². The summed E-state index contributed by atoms with van der Waals surface area (Å²) < 4.78 is 0. The second-order valence-electron chi connectivity index (χ2n) is 8.17. The van der Waals surface area contributed by atoms with Crippen LogP contribution in [-0.2, 0) is 0 Å². The van der Waals surface area contributed by atoms with Crippen LogP contribution < -0.4 is 16.0 Å². The molecule has 6 rings (SSSR count). The first-order chi connectivity index (χ1) is 17.2. The molecule has 3 aliphatic heterocycles. The molecule has 35 heavy (non-hydrogen) atoms. The molecule has 3 N–H and O–H groups in total. The number of nitriles is 2. The van der Waals surface area contributed by atoms with Gasteiger partial charge in [0.1, 0.15) is 12.1 Å². The Morgan fingerprint density at radius 1 is 0.771 bits per heavy atom. The summed E-state index contributed by atoms with van der Waals surface area (Å²) in [6, 6.07) is 17.3. The van der Waals surface area contributed by atoms with Crippen molar-refractivity contribution in [3.63, 3.8) is 0 Å². The molecule has 0 amide bonds. The van der Waals surface area contributed by atoms with Crippen LogP contribution in [0.15, 0.2) is 93.8 Å². The normalized spacial score (nSPS) is 16.7. The van der Waals surface area contributed by atoms with Crippen molar-refractivity contribution < 1.29 is 0 Å². The maximum Gasteiger partial charge on any atom is 0.103 e. The number of aromatic amines is 2. The third kappa shape index (κ3) is 3.95. The zero-order chi connectivity index (χ0) is 23.8. The Balaban J connectivity index is 1.54. The Hall–Kier alpha value is -5.40. The highest BCUT2D eigenvalue weighted by Gasteiger charge is 2.18. The van der Waals surface area contributed by atoms with Gasteiger partial charge in [-0.3, -0.25) is 0 Å². The average Bonchev–Trinajstić information content (AvgIpc) is 3.65. The molecule has 3 aromatic rings. The Labute approximate surface area is 200 Å². The topological polar surface area (TPSA) is 116 Å². The van der Waals surface area contributed by atoms with E-state index in [0.717, 1.165) is 44.9 Å². The van der Waals surface area contributed by atoms with Crippen molar-refractivity contribution in [2.75, 3.05) is 0 Å². The molecule has 0 fully saturated rings. The lowest BCUT2D eigenvalue weighted by molar-refractivity contribution is 1.12. The van der Waals surface area contributed by atoms with Gasteiger partial charge in [-0.2, -0.15) is 10.5 Å². The van der Waals surface area contributed by atoms with Crippen LogP contribution in [0.3, 0.4) is 0 Å². The van der Waals surface area contributed by atoms with Gasteiger partial charge in [0.05, 0.1) is 39.6 Å². The van der Waals surface area contributed by atoms with E-state index in [1.54, 1.807) is 18.2 Å². The lowest BCUT2D eigenvalue weighted by atomic mass is 10.1. The van der Waals surface area contributed by atoms with E-state index < -0.39 is 0 Å². The molecule has 0 aliphatic carbocycles. The van der Waals surface area contributed by atoms with Gasteiger partial charge in [0, 0.05) is 27.8 Å². The number of hydrogen-bond donors (Lipinski definition) is 3. The van der Waals surface area contributed by atoms with Gasteiger partial charge >= 0.3 is 0 Å².